The number of nitrogens with one attached hydrogen (secondary N) is 1. The van der Waals surface area contributed by atoms with Crippen LogP contribution in [-0.4, -0.2) is 65.5 Å². The predicted molar refractivity (Wildman–Crippen MR) is 74.3 cm³/mol. The summed E-state index contributed by atoms with van der Waals surface area (Å²) in [4.78, 5) is 14.0. The van der Waals surface area contributed by atoms with E-state index < -0.39 is 0 Å². The average Bonchev–Trinajstić information content (AvgIpc) is 3.08. The Morgan fingerprint density at radius 3 is 3.00 bits per heavy atom. The van der Waals surface area contributed by atoms with Gasteiger partial charge in [-0.1, -0.05) is 0 Å². The maximum atomic E-state index is 11.8. The molecule has 1 aromatic heterocycles. The molecule has 112 valence electrons. The van der Waals surface area contributed by atoms with Gasteiger partial charge in [0.2, 0.25) is 5.91 Å². The number of aromatic nitrogens is 3. The minimum Gasteiger partial charge on any atom is -0.383 e. The SMILES string of the molecule is COCCn1cnnc1CCNC(=O)CN1CCCC1. The zero-order valence-corrected chi connectivity index (χ0v) is 12.0. The number of nitrogens with zero attached hydrogens (tertiary/aromatic N) is 4. The van der Waals surface area contributed by atoms with Crippen molar-refractivity contribution in [2.75, 3.05) is 39.9 Å². The first-order valence-electron chi connectivity index (χ1n) is 7.14. The van der Waals surface area contributed by atoms with Crippen LogP contribution in [0.3, 0.4) is 0 Å². The fraction of sp³-hybridized carbons (Fsp3) is 0.769. The second-order valence-corrected chi connectivity index (χ2v) is 5.02. The van der Waals surface area contributed by atoms with E-state index in [0.29, 0.717) is 26.1 Å². The number of amides is 1. The molecule has 7 nitrogen and oxygen atoms in total. The van der Waals surface area contributed by atoms with E-state index in [2.05, 4.69) is 20.4 Å². The smallest absolute Gasteiger partial charge is 0.234 e. The molecule has 0 atom stereocenters. The molecule has 1 fully saturated rings. The molecule has 0 unspecified atom stereocenters. The van der Waals surface area contributed by atoms with Gasteiger partial charge in [0.05, 0.1) is 13.2 Å². The first-order valence-corrected chi connectivity index (χ1v) is 7.14. The van der Waals surface area contributed by atoms with Crippen molar-refractivity contribution >= 4 is 5.91 Å². The molecule has 0 radical (unpaired) electrons. The van der Waals surface area contributed by atoms with Crippen molar-refractivity contribution in [3.05, 3.63) is 12.2 Å². The van der Waals surface area contributed by atoms with E-state index in [4.69, 9.17) is 4.74 Å². The molecule has 0 spiro atoms. The molecule has 1 saturated heterocycles. The Hall–Kier alpha value is -1.47. The van der Waals surface area contributed by atoms with Crippen LogP contribution in [0, 0.1) is 0 Å². The third-order valence-corrected chi connectivity index (χ3v) is 3.47. The lowest BCUT2D eigenvalue weighted by Gasteiger charge is -2.14. The van der Waals surface area contributed by atoms with Crippen LogP contribution < -0.4 is 5.32 Å². The lowest BCUT2D eigenvalue weighted by Crippen LogP contribution is -2.36. The van der Waals surface area contributed by atoms with Crippen LogP contribution in [0.2, 0.25) is 0 Å². The Morgan fingerprint density at radius 2 is 2.25 bits per heavy atom. The Labute approximate surface area is 119 Å². The molecule has 0 bridgehead atoms. The highest BCUT2D eigenvalue weighted by atomic mass is 16.5. The molecule has 1 amide bonds. The summed E-state index contributed by atoms with van der Waals surface area (Å²) in [5.74, 6) is 0.971. The second-order valence-electron chi connectivity index (χ2n) is 5.02. The topological polar surface area (TPSA) is 72.3 Å². The van der Waals surface area contributed by atoms with Crippen molar-refractivity contribution in [1.82, 2.24) is 25.0 Å². The van der Waals surface area contributed by atoms with Gasteiger partial charge >= 0.3 is 0 Å². The van der Waals surface area contributed by atoms with E-state index in [1.54, 1.807) is 13.4 Å². The number of rotatable bonds is 8. The molecule has 1 aliphatic rings. The highest BCUT2D eigenvalue weighted by Crippen LogP contribution is 2.05. The number of hydrogen-bond donors (Lipinski definition) is 1. The van der Waals surface area contributed by atoms with Gasteiger partial charge in [0.25, 0.3) is 0 Å². The van der Waals surface area contributed by atoms with Crippen molar-refractivity contribution in [2.45, 2.75) is 25.8 Å². The van der Waals surface area contributed by atoms with Crippen LogP contribution in [0.1, 0.15) is 18.7 Å². The third kappa shape index (κ3) is 4.57. The van der Waals surface area contributed by atoms with Gasteiger partial charge in [0.15, 0.2) is 0 Å². The normalized spacial score (nSPS) is 15.7. The lowest BCUT2D eigenvalue weighted by molar-refractivity contribution is -0.121. The maximum Gasteiger partial charge on any atom is 0.234 e. The summed E-state index contributed by atoms with van der Waals surface area (Å²) >= 11 is 0. The number of methoxy groups -OCH3 is 1. The minimum absolute atomic E-state index is 0.0925. The van der Waals surface area contributed by atoms with Crippen LogP contribution >= 0.6 is 0 Å². The highest BCUT2D eigenvalue weighted by molar-refractivity contribution is 5.78. The monoisotopic (exact) mass is 281 g/mol. The third-order valence-electron chi connectivity index (χ3n) is 3.47. The molecule has 1 aromatic rings. The van der Waals surface area contributed by atoms with Crippen molar-refractivity contribution in [2.24, 2.45) is 0 Å². The van der Waals surface area contributed by atoms with E-state index in [-0.39, 0.29) is 5.91 Å². The Kier molecular flexibility index (Phi) is 5.94. The largest absolute Gasteiger partial charge is 0.383 e. The number of likely N-dealkylation sites (tertiary alicyclic amines) is 1. The summed E-state index contributed by atoms with van der Waals surface area (Å²) in [5.41, 5.74) is 0. The molecular formula is C13H23N5O2. The van der Waals surface area contributed by atoms with Crippen LogP contribution in [0.25, 0.3) is 0 Å². The van der Waals surface area contributed by atoms with Gasteiger partial charge in [-0.2, -0.15) is 0 Å². The van der Waals surface area contributed by atoms with Crippen LogP contribution in [0.15, 0.2) is 6.33 Å². The van der Waals surface area contributed by atoms with Crippen molar-refractivity contribution in [1.29, 1.82) is 0 Å². The van der Waals surface area contributed by atoms with Gasteiger partial charge in [0.1, 0.15) is 12.2 Å². The first-order chi connectivity index (χ1) is 9.79. The van der Waals surface area contributed by atoms with E-state index >= 15 is 0 Å². The molecule has 0 aromatic carbocycles. The van der Waals surface area contributed by atoms with Crippen LogP contribution in [0.4, 0.5) is 0 Å². The van der Waals surface area contributed by atoms with Crippen molar-refractivity contribution in [3.63, 3.8) is 0 Å². The van der Waals surface area contributed by atoms with Gasteiger partial charge in [0, 0.05) is 26.6 Å². The van der Waals surface area contributed by atoms with E-state index in [9.17, 15) is 4.79 Å². The fourth-order valence-electron chi connectivity index (χ4n) is 2.36. The molecule has 20 heavy (non-hydrogen) atoms. The van der Waals surface area contributed by atoms with Gasteiger partial charge in [-0.05, 0) is 25.9 Å². The van der Waals surface area contributed by atoms with Gasteiger partial charge < -0.3 is 14.6 Å². The quantitative estimate of drug-likeness (QED) is 0.707. The molecule has 1 aliphatic heterocycles. The molecule has 1 N–H and O–H groups in total. The van der Waals surface area contributed by atoms with Crippen molar-refractivity contribution < 1.29 is 9.53 Å². The fourth-order valence-corrected chi connectivity index (χ4v) is 2.36. The Bertz CT molecular complexity index is 415. The van der Waals surface area contributed by atoms with E-state index in [1.807, 2.05) is 4.57 Å². The van der Waals surface area contributed by atoms with Crippen LogP contribution in [-0.2, 0) is 22.5 Å². The summed E-state index contributed by atoms with van der Waals surface area (Å²) < 4.78 is 6.99. The summed E-state index contributed by atoms with van der Waals surface area (Å²) in [6, 6.07) is 0. The van der Waals surface area contributed by atoms with Crippen molar-refractivity contribution in [3.8, 4) is 0 Å². The maximum absolute atomic E-state index is 11.8. The molecule has 2 rings (SSSR count). The predicted octanol–water partition coefficient (Wildman–Crippen LogP) is -0.321. The summed E-state index contributed by atoms with van der Waals surface area (Å²) in [6.07, 6.45) is 4.79. The van der Waals surface area contributed by atoms with Gasteiger partial charge in [-0.25, -0.2) is 0 Å². The lowest BCUT2D eigenvalue weighted by atomic mass is 10.3. The second kappa shape index (κ2) is 7.96. The Balaban J connectivity index is 1.67. The Morgan fingerprint density at radius 1 is 1.45 bits per heavy atom. The molecule has 0 saturated carbocycles. The number of hydrogen-bond acceptors (Lipinski definition) is 5. The summed E-state index contributed by atoms with van der Waals surface area (Å²) in [5, 5.41) is 10.9. The number of carbonyl (C=O) groups is 1. The van der Waals surface area contributed by atoms with E-state index in [0.717, 1.165) is 25.5 Å². The zero-order chi connectivity index (χ0) is 14.2. The summed E-state index contributed by atoms with van der Waals surface area (Å²) in [7, 11) is 1.67. The number of ether oxygens (including phenoxy) is 1. The number of carbonyl (C=O) groups excluding carboxylic acids is 1. The molecule has 0 aliphatic carbocycles. The molecule has 2 heterocycles. The highest BCUT2D eigenvalue weighted by Gasteiger charge is 2.14. The standard InChI is InChI=1S/C13H23N5O2/c1-20-9-8-18-11-15-16-12(18)4-5-14-13(19)10-17-6-2-3-7-17/h11H,2-10H2,1H3,(H,14,19). The summed E-state index contributed by atoms with van der Waals surface area (Å²) in [6.45, 7) is 4.55. The van der Waals surface area contributed by atoms with Crippen LogP contribution in [0.5, 0.6) is 0 Å². The van der Waals surface area contributed by atoms with Gasteiger partial charge in [-0.3, -0.25) is 9.69 Å². The minimum atomic E-state index is 0.0925. The zero-order valence-electron chi connectivity index (χ0n) is 12.0. The molecular weight excluding hydrogens is 258 g/mol. The first kappa shape index (κ1) is 14.9. The average molecular weight is 281 g/mol. The molecule has 7 heteroatoms. The van der Waals surface area contributed by atoms with E-state index in [1.165, 1.54) is 12.8 Å². The van der Waals surface area contributed by atoms with Gasteiger partial charge in [-0.15, -0.1) is 10.2 Å².